The van der Waals surface area contributed by atoms with Gasteiger partial charge >= 0.3 is 0 Å². The minimum absolute atomic E-state index is 0.00133. The number of fused-ring (bicyclic) bond motifs is 4. The highest BCUT2D eigenvalue weighted by molar-refractivity contribution is 5.96. The minimum Gasteiger partial charge on any atom is -0.496 e. The summed E-state index contributed by atoms with van der Waals surface area (Å²) in [5.41, 5.74) is 4.15. The molecule has 2 aromatic carbocycles. The van der Waals surface area contributed by atoms with Crippen molar-refractivity contribution in [1.29, 1.82) is 0 Å². The molecule has 0 unspecified atom stereocenters. The molecule has 1 atom stereocenters. The fraction of sp³-hybridized carbons (Fsp3) is 0.273. The van der Waals surface area contributed by atoms with Gasteiger partial charge in [-0.15, -0.1) is 0 Å². The molecule has 6 nitrogen and oxygen atoms in total. The summed E-state index contributed by atoms with van der Waals surface area (Å²) in [6, 6.07) is 15.3. The predicted octanol–water partition coefficient (Wildman–Crippen LogP) is 2.47. The second kappa shape index (κ2) is 6.41. The maximum atomic E-state index is 13.3. The van der Waals surface area contributed by atoms with E-state index in [9.17, 15) is 9.59 Å². The van der Waals surface area contributed by atoms with Gasteiger partial charge in [-0.3, -0.25) is 9.59 Å². The number of methoxy groups -OCH3 is 1. The number of H-pyrrole nitrogens is 1. The number of rotatable bonds is 3. The van der Waals surface area contributed by atoms with E-state index in [1.54, 1.807) is 16.9 Å². The van der Waals surface area contributed by atoms with Gasteiger partial charge in [-0.25, -0.2) is 0 Å². The molecule has 0 aliphatic carbocycles. The second-order valence-electron chi connectivity index (χ2n) is 7.38. The van der Waals surface area contributed by atoms with Crippen molar-refractivity contribution in [1.82, 2.24) is 14.8 Å². The van der Waals surface area contributed by atoms with Crippen LogP contribution in [0.2, 0.25) is 0 Å². The molecular weight excluding hydrogens is 354 g/mol. The Morgan fingerprint density at radius 2 is 1.86 bits per heavy atom. The molecule has 6 heteroatoms. The zero-order valence-corrected chi connectivity index (χ0v) is 15.6. The molecule has 3 heterocycles. The van der Waals surface area contributed by atoms with Crippen molar-refractivity contribution < 1.29 is 14.3 Å². The Morgan fingerprint density at radius 3 is 2.71 bits per heavy atom. The van der Waals surface area contributed by atoms with E-state index < -0.39 is 6.04 Å². The van der Waals surface area contributed by atoms with Gasteiger partial charge < -0.3 is 19.5 Å². The van der Waals surface area contributed by atoms with Crippen LogP contribution in [0, 0.1) is 0 Å². The summed E-state index contributed by atoms with van der Waals surface area (Å²) in [6.07, 6.45) is 0.548. The Hall–Kier alpha value is -3.28. The Labute approximate surface area is 162 Å². The van der Waals surface area contributed by atoms with E-state index in [4.69, 9.17) is 4.74 Å². The van der Waals surface area contributed by atoms with Crippen LogP contribution in [0.15, 0.2) is 48.5 Å². The molecular formula is C22H21N3O3. The van der Waals surface area contributed by atoms with Crippen molar-refractivity contribution >= 4 is 22.7 Å². The molecule has 1 N–H and O–H groups in total. The third-order valence-electron chi connectivity index (χ3n) is 5.80. The zero-order chi connectivity index (χ0) is 19.3. The van der Waals surface area contributed by atoms with Gasteiger partial charge in [0.15, 0.2) is 0 Å². The Kier molecular flexibility index (Phi) is 3.86. The number of nitrogens with zero attached hydrogens (tertiary/aromatic N) is 2. The Balaban J connectivity index is 1.46. The van der Waals surface area contributed by atoms with Crippen LogP contribution in [0.25, 0.3) is 10.9 Å². The van der Waals surface area contributed by atoms with E-state index >= 15 is 0 Å². The first-order valence-electron chi connectivity index (χ1n) is 9.44. The number of ether oxygens (including phenoxy) is 1. The molecule has 0 saturated carbocycles. The van der Waals surface area contributed by atoms with Crippen molar-refractivity contribution in [2.75, 3.05) is 13.7 Å². The van der Waals surface area contributed by atoms with Crippen molar-refractivity contribution in [3.05, 3.63) is 65.4 Å². The lowest BCUT2D eigenvalue weighted by atomic mass is 9.93. The lowest BCUT2D eigenvalue weighted by Crippen LogP contribution is -2.61. The molecule has 0 radical (unpaired) electrons. The Bertz CT molecular complexity index is 1090. The molecule has 1 aromatic heterocycles. The van der Waals surface area contributed by atoms with Crippen LogP contribution in [0.3, 0.4) is 0 Å². The average Bonchev–Trinajstić information content (AvgIpc) is 3.09. The Morgan fingerprint density at radius 1 is 1.07 bits per heavy atom. The highest BCUT2D eigenvalue weighted by Crippen LogP contribution is 2.33. The van der Waals surface area contributed by atoms with Crippen molar-refractivity contribution in [3.63, 3.8) is 0 Å². The molecule has 1 fully saturated rings. The van der Waals surface area contributed by atoms with Crippen molar-refractivity contribution in [3.8, 4) is 5.75 Å². The van der Waals surface area contributed by atoms with Gasteiger partial charge in [0, 0.05) is 35.1 Å². The maximum absolute atomic E-state index is 13.3. The van der Waals surface area contributed by atoms with Gasteiger partial charge in [-0.1, -0.05) is 36.4 Å². The molecule has 3 aromatic rings. The lowest BCUT2D eigenvalue weighted by molar-refractivity contribution is -0.157. The van der Waals surface area contributed by atoms with E-state index in [0.29, 0.717) is 19.5 Å². The number of amides is 2. The van der Waals surface area contributed by atoms with Crippen LogP contribution in [0.1, 0.15) is 16.8 Å². The van der Waals surface area contributed by atoms with Gasteiger partial charge in [0.1, 0.15) is 18.3 Å². The molecule has 2 aliphatic heterocycles. The molecule has 0 spiro atoms. The lowest BCUT2D eigenvalue weighted by Gasteiger charge is -2.42. The van der Waals surface area contributed by atoms with Gasteiger partial charge in [0.25, 0.3) is 0 Å². The molecule has 2 aliphatic rings. The largest absolute Gasteiger partial charge is 0.496 e. The van der Waals surface area contributed by atoms with Crippen LogP contribution >= 0.6 is 0 Å². The van der Waals surface area contributed by atoms with Gasteiger partial charge in [0.2, 0.25) is 11.8 Å². The summed E-state index contributed by atoms with van der Waals surface area (Å²) in [7, 11) is 1.61. The second-order valence-corrected chi connectivity index (χ2v) is 7.38. The van der Waals surface area contributed by atoms with Gasteiger partial charge in [-0.2, -0.15) is 0 Å². The SMILES string of the molecule is COc1ccccc1CN1CC(=O)N2Cc3[nH]c4ccccc4c3C[C@H]2C1=O. The van der Waals surface area contributed by atoms with Crippen molar-refractivity contribution in [2.24, 2.45) is 0 Å². The molecule has 28 heavy (non-hydrogen) atoms. The minimum atomic E-state index is -0.442. The summed E-state index contributed by atoms with van der Waals surface area (Å²) in [5, 5.41) is 1.14. The number of aromatic amines is 1. The summed E-state index contributed by atoms with van der Waals surface area (Å²) in [6.45, 7) is 0.935. The summed E-state index contributed by atoms with van der Waals surface area (Å²) >= 11 is 0. The average molecular weight is 375 g/mol. The maximum Gasteiger partial charge on any atom is 0.246 e. The molecule has 1 saturated heterocycles. The predicted molar refractivity (Wildman–Crippen MR) is 105 cm³/mol. The van der Waals surface area contributed by atoms with Crippen LogP contribution in [-0.2, 0) is 29.1 Å². The summed E-state index contributed by atoms with van der Waals surface area (Å²) < 4.78 is 5.40. The fourth-order valence-corrected chi connectivity index (χ4v) is 4.41. The van der Waals surface area contributed by atoms with E-state index in [2.05, 4.69) is 11.1 Å². The third kappa shape index (κ3) is 2.56. The first-order chi connectivity index (χ1) is 13.7. The van der Waals surface area contributed by atoms with E-state index in [1.807, 2.05) is 42.5 Å². The third-order valence-corrected chi connectivity index (χ3v) is 5.80. The smallest absolute Gasteiger partial charge is 0.246 e. The van der Waals surface area contributed by atoms with Gasteiger partial charge in [0.05, 0.1) is 13.7 Å². The number of benzene rings is 2. The molecule has 2 amide bonds. The molecule has 142 valence electrons. The number of carbonyl (C=O) groups is 2. The highest BCUT2D eigenvalue weighted by atomic mass is 16.5. The van der Waals surface area contributed by atoms with Crippen LogP contribution < -0.4 is 4.74 Å². The van der Waals surface area contributed by atoms with E-state index in [-0.39, 0.29) is 18.4 Å². The van der Waals surface area contributed by atoms with Crippen LogP contribution in [0.5, 0.6) is 5.75 Å². The number of carbonyl (C=O) groups excluding carboxylic acids is 2. The summed E-state index contributed by atoms with van der Waals surface area (Å²) in [4.78, 5) is 32.9. The zero-order valence-electron chi connectivity index (χ0n) is 15.6. The topological polar surface area (TPSA) is 65.6 Å². The monoisotopic (exact) mass is 375 g/mol. The van der Waals surface area contributed by atoms with Crippen LogP contribution in [0.4, 0.5) is 0 Å². The van der Waals surface area contributed by atoms with E-state index in [0.717, 1.165) is 33.5 Å². The number of aromatic nitrogens is 1. The normalized spacial score (nSPS) is 19.0. The van der Waals surface area contributed by atoms with E-state index in [1.165, 1.54) is 0 Å². The highest BCUT2D eigenvalue weighted by Gasteiger charge is 2.43. The molecule has 5 rings (SSSR count). The standard InChI is InChI=1S/C22H21N3O3/c1-28-20-9-5-2-6-14(20)11-24-13-21(26)25-12-18-16(10-19(25)22(24)27)15-7-3-4-8-17(15)23-18/h2-9,19,23H,10-13H2,1H3/t19-/m0/s1. The number of hydrogen-bond acceptors (Lipinski definition) is 3. The first-order valence-corrected chi connectivity index (χ1v) is 9.44. The van der Waals surface area contributed by atoms with Gasteiger partial charge in [-0.05, 0) is 17.7 Å². The van der Waals surface area contributed by atoms with Crippen LogP contribution in [-0.4, -0.2) is 46.3 Å². The van der Waals surface area contributed by atoms with Crippen molar-refractivity contribution in [2.45, 2.75) is 25.6 Å². The fourth-order valence-electron chi connectivity index (χ4n) is 4.41. The molecule has 0 bridgehead atoms. The number of piperazine rings is 1. The number of nitrogens with one attached hydrogen (secondary N) is 1. The number of para-hydroxylation sites is 2. The summed E-state index contributed by atoms with van der Waals surface area (Å²) in [5.74, 6) is 0.720. The quantitative estimate of drug-likeness (QED) is 0.765. The first kappa shape index (κ1) is 16.9. The number of hydrogen-bond donors (Lipinski definition) is 1.